The molecule has 0 spiro atoms. The van der Waals surface area contributed by atoms with Gasteiger partial charge in [-0.15, -0.1) is 0 Å². The highest BCUT2D eigenvalue weighted by atomic mass is 79.9. The summed E-state index contributed by atoms with van der Waals surface area (Å²) in [7, 11) is 0. The van der Waals surface area contributed by atoms with Crippen LogP contribution in [0.1, 0.15) is 51.0 Å². The van der Waals surface area contributed by atoms with E-state index in [-0.39, 0.29) is 0 Å². The van der Waals surface area contributed by atoms with E-state index >= 15 is 0 Å². The quantitative estimate of drug-likeness (QED) is 0.507. The SMILES string of the molecule is CCCCCCCCOc1c(C)c(Br)c2nonc2c1Br. The molecule has 6 heteroatoms. The van der Waals surface area contributed by atoms with Crippen LogP contribution in [0, 0.1) is 6.92 Å². The fourth-order valence-corrected chi connectivity index (χ4v) is 3.37. The van der Waals surface area contributed by atoms with Crippen molar-refractivity contribution in [3.63, 3.8) is 0 Å². The Morgan fingerprint density at radius 2 is 1.57 bits per heavy atom. The van der Waals surface area contributed by atoms with E-state index in [9.17, 15) is 0 Å². The summed E-state index contributed by atoms with van der Waals surface area (Å²) in [5.41, 5.74) is 2.41. The number of hydrogen-bond donors (Lipinski definition) is 0. The van der Waals surface area contributed by atoms with Crippen LogP contribution in [0.5, 0.6) is 5.75 Å². The number of hydrogen-bond acceptors (Lipinski definition) is 4. The van der Waals surface area contributed by atoms with Gasteiger partial charge in [-0.3, -0.25) is 0 Å². The highest BCUT2D eigenvalue weighted by Crippen LogP contribution is 2.40. The molecule has 0 unspecified atom stereocenters. The summed E-state index contributed by atoms with van der Waals surface area (Å²) in [6.45, 7) is 4.95. The minimum Gasteiger partial charge on any atom is -0.492 e. The summed E-state index contributed by atoms with van der Waals surface area (Å²) in [4.78, 5) is 0. The van der Waals surface area contributed by atoms with E-state index in [2.05, 4.69) is 49.1 Å². The molecule has 0 fully saturated rings. The smallest absolute Gasteiger partial charge is 0.154 e. The number of halogens is 2. The summed E-state index contributed by atoms with van der Waals surface area (Å²) < 4.78 is 12.4. The third kappa shape index (κ3) is 3.97. The van der Waals surface area contributed by atoms with Gasteiger partial charge < -0.3 is 4.74 Å². The molecule has 1 heterocycles. The van der Waals surface area contributed by atoms with Crippen molar-refractivity contribution in [2.24, 2.45) is 0 Å². The third-order valence-electron chi connectivity index (χ3n) is 3.52. The topological polar surface area (TPSA) is 48.2 Å². The van der Waals surface area contributed by atoms with Crippen LogP contribution in [-0.4, -0.2) is 16.9 Å². The molecule has 0 saturated carbocycles. The molecule has 0 aliphatic heterocycles. The van der Waals surface area contributed by atoms with Gasteiger partial charge in [0.15, 0.2) is 11.0 Å². The van der Waals surface area contributed by atoms with E-state index in [4.69, 9.17) is 9.37 Å². The van der Waals surface area contributed by atoms with Crippen molar-refractivity contribution in [2.75, 3.05) is 6.61 Å². The Bertz CT molecular complexity index is 599. The maximum absolute atomic E-state index is 5.95. The lowest BCUT2D eigenvalue weighted by molar-refractivity contribution is 0.300. The summed E-state index contributed by atoms with van der Waals surface area (Å²) in [5, 5.41) is 7.82. The molecular formula is C15H20Br2N2O2. The lowest BCUT2D eigenvalue weighted by Gasteiger charge is -2.12. The van der Waals surface area contributed by atoms with Crippen LogP contribution in [0.15, 0.2) is 13.6 Å². The van der Waals surface area contributed by atoms with Crippen molar-refractivity contribution >= 4 is 42.9 Å². The lowest BCUT2D eigenvalue weighted by atomic mass is 10.1. The summed E-state index contributed by atoms with van der Waals surface area (Å²) in [5.74, 6) is 0.818. The normalized spacial score (nSPS) is 11.2. The number of aromatic nitrogens is 2. The maximum atomic E-state index is 5.95. The van der Waals surface area contributed by atoms with E-state index in [1.165, 1.54) is 32.1 Å². The Balaban J connectivity index is 1.96. The van der Waals surface area contributed by atoms with Gasteiger partial charge in [-0.2, -0.15) is 0 Å². The molecule has 1 aromatic heterocycles. The molecule has 2 rings (SSSR count). The molecule has 116 valence electrons. The van der Waals surface area contributed by atoms with E-state index in [0.29, 0.717) is 11.0 Å². The number of unbranched alkanes of at least 4 members (excludes halogenated alkanes) is 5. The van der Waals surface area contributed by atoms with Crippen LogP contribution < -0.4 is 4.74 Å². The van der Waals surface area contributed by atoms with Crippen LogP contribution in [0.25, 0.3) is 11.0 Å². The van der Waals surface area contributed by atoms with Crippen molar-refractivity contribution in [2.45, 2.75) is 52.4 Å². The second-order valence-electron chi connectivity index (χ2n) is 5.16. The fourth-order valence-electron chi connectivity index (χ4n) is 2.25. The predicted octanol–water partition coefficient (Wildman–Crippen LogP) is 5.80. The molecule has 0 atom stereocenters. The first-order valence-corrected chi connectivity index (χ1v) is 8.98. The first kappa shape index (κ1) is 16.7. The number of nitrogens with zero attached hydrogens (tertiary/aromatic N) is 2. The number of benzene rings is 1. The van der Waals surface area contributed by atoms with Gasteiger partial charge in [-0.1, -0.05) is 39.0 Å². The standard InChI is InChI=1S/C15H20Br2N2O2/c1-3-4-5-6-7-8-9-20-15-10(2)11(16)13-14(12(15)17)19-21-18-13/h3-9H2,1-2H3. The minimum absolute atomic E-state index is 0.686. The molecule has 0 aliphatic rings. The van der Waals surface area contributed by atoms with Crippen LogP contribution >= 0.6 is 31.9 Å². The Morgan fingerprint density at radius 3 is 2.29 bits per heavy atom. The van der Waals surface area contributed by atoms with Gasteiger partial charge in [0.1, 0.15) is 5.75 Å². The molecule has 0 radical (unpaired) electrons. The van der Waals surface area contributed by atoms with Gasteiger partial charge in [-0.05, 0) is 55.5 Å². The van der Waals surface area contributed by atoms with Gasteiger partial charge >= 0.3 is 0 Å². The molecule has 2 aromatic rings. The van der Waals surface area contributed by atoms with E-state index in [1.54, 1.807) is 0 Å². The van der Waals surface area contributed by atoms with Crippen LogP contribution in [0.2, 0.25) is 0 Å². The molecule has 0 bridgehead atoms. The third-order valence-corrected chi connectivity index (χ3v) is 5.22. The molecule has 1 aromatic carbocycles. The fraction of sp³-hybridized carbons (Fsp3) is 0.600. The minimum atomic E-state index is 0.686. The largest absolute Gasteiger partial charge is 0.492 e. The second kappa shape index (κ2) is 8.13. The molecule has 21 heavy (non-hydrogen) atoms. The van der Waals surface area contributed by atoms with Gasteiger partial charge in [0, 0.05) is 5.56 Å². The van der Waals surface area contributed by atoms with Crippen LogP contribution in [0.4, 0.5) is 0 Å². The Labute approximate surface area is 141 Å². The van der Waals surface area contributed by atoms with Crippen LogP contribution in [0.3, 0.4) is 0 Å². The zero-order valence-corrected chi connectivity index (χ0v) is 15.6. The molecule has 0 amide bonds. The Morgan fingerprint density at radius 1 is 0.952 bits per heavy atom. The van der Waals surface area contributed by atoms with Gasteiger partial charge in [0.25, 0.3) is 0 Å². The molecular weight excluding hydrogens is 400 g/mol. The van der Waals surface area contributed by atoms with E-state index in [1.807, 2.05) is 6.92 Å². The highest BCUT2D eigenvalue weighted by Gasteiger charge is 2.19. The molecule has 0 N–H and O–H groups in total. The van der Waals surface area contributed by atoms with Crippen molar-refractivity contribution < 1.29 is 9.37 Å². The van der Waals surface area contributed by atoms with E-state index < -0.39 is 0 Å². The monoisotopic (exact) mass is 418 g/mol. The maximum Gasteiger partial charge on any atom is 0.154 e. The summed E-state index contributed by atoms with van der Waals surface area (Å²) in [6.07, 6.45) is 7.50. The molecule has 0 saturated heterocycles. The zero-order chi connectivity index (χ0) is 15.2. The Hall–Kier alpha value is -0.620. The zero-order valence-electron chi connectivity index (χ0n) is 12.4. The number of rotatable bonds is 8. The van der Waals surface area contributed by atoms with Gasteiger partial charge in [-0.25, -0.2) is 4.63 Å². The van der Waals surface area contributed by atoms with Crippen LogP contribution in [-0.2, 0) is 0 Å². The average molecular weight is 420 g/mol. The second-order valence-corrected chi connectivity index (χ2v) is 6.75. The Kier molecular flexibility index (Phi) is 6.48. The average Bonchev–Trinajstić information content (AvgIpc) is 2.97. The van der Waals surface area contributed by atoms with Crippen molar-refractivity contribution in [3.05, 3.63) is 14.5 Å². The summed E-state index contributed by atoms with van der Waals surface area (Å²) >= 11 is 7.07. The van der Waals surface area contributed by atoms with Crippen molar-refractivity contribution in [1.29, 1.82) is 0 Å². The summed E-state index contributed by atoms with van der Waals surface area (Å²) in [6, 6.07) is 0. The highest BCUT2D eigenvalue weighted by molar-refractivity contribution is 9.11. The first-order valence-electron chi connectivity index (χ1n) is 7.39. The predicted molar refractivity (Wildman–Crippen MR) is 90.8 cm³/mol. The molecule has 4 nitrogen and oxygen atoms in total. The lowest BCUT2D eigenvalue weighted by Crippen LogP contribution is -2.01. The van der Waals surface area contributed by atoms with Gasteiger partial charge in [0.05, 0.1) is 15.6 Å². The van der Waals surface area contributed by atoms with Crippen molar-refractivity contribution in [3.8, 4) is 5.75 Å². The first-order chi connectivity index (χ1) is 10.2. The molecule has 0 aliphatic carbocycles. The van der Waals surface area contributed by atoms with E-state index in [0.717, 1.165) is 33.3 Å². The number of ether oxygens (including phenoxy) is 1. The van der Waals surface area contributed by atoms with Gasteiger partial charge in [0.2, 0.25) is 0 Å². The van der Waals surface area contributed by atoms with Crippen molar-refractivity contribution in [1.82, 2.24) is 10.3 Å². The number of fused-ring (bicyclic) bond motifs is 1.